The van der Waals surface area contributed by atoms with Crippen molar-refractivity contribution in [3.63, 3.8) is 0 Å². The number of ketones is 1. The largest absolute Gasteiger partial charge is 0.300 e. The summed E-state index contributed by atoms with van der Waals surface area (Å²) in [7, 11) is 2.21. The molecule has 2 heteroatoms. The summed E-state index contributed by atoms with van der Waals surface area (Å²) in [5.74, 6) is 1.08. The van der Waals surface area contributed by atoms with Gasteiger partial charge in [0.2, 0.25) is 0 Å². The molecule has 4 atom stereocenters. The van der Waals surface area contributed by atoms with Gasteiger partial charge < -0.3 is 0 Å². The summed E-state index contributed by atoms with van der Waals surface area (Å²) in [5.41, 5.74) is 2.75. The van der Waals surface area contributed by atoms with Gasteiger partial charge in [0.05, 0.1) is 0 Å². The third-order valence-corrected chi connectivity index (χ3v) is 5.58. The zero-order valence-electron chi connectivity index (χ0n) is 12.8. The van der Waals surface area contributed by atoms with Crippen LogP contribution in [-0.4, -0.2) is 29.8 Å². The third-order valence-electron chi connectivity index (χ3n) is 5.58. The highest BCUT2D eigenvalue weighted by Gasteiger charge is 2.48. The number of Topliss-reactive ketones (excluding diaryl/α,β-unsaturated/α-hetero) is 1. The predicted molar refractivity (Wildman–Crippen MR) is 81.9 cm³/mol. The van der Waals surface area contributed by atoms with Gasteiger partial charge in [0, 0.05) is 24.4 Å². The molecule has 108 valence electrons. The van der Waals surface area contributed by atoms with E-state index in [1.54, 1.807) is 0 Å². The molecule has 0 amide bonds. The molecule has 0 radical (unpaired) electrons. The van der Waals surface area contributed by atoms with Gasteiger partial charge in [-0.1, -0.05) is 31.2 Å². The summed E-state index contributed by atoms with van der Waals surface area (Å²) < 4.78 is 0. The zero-order valence-corrected chi connectivity index (χ0v) is 12.8. The molecule has 2 nitrogen and oxygen atoms in total. The molecule has 2 aliphatic rings. The topological polar surface area (TPSA) is 20.3 Å². The van der Waals surface area contributed by atoms with Crippen LogP contribution in [0.15, 0.2) is 24.3 Å². The molecule has 0 N–H and O–H groups in total. The van der Waals surface area contributed by atoms with Gasteiger partial charge in [-0.05, 0) is 50.3 Å². The van der Waals surface area contributed by atoms with Crippen molar-refractivity contribution < 1.29 is 4.79 Å². The van der Waals surface area contributed by atoms with Gasteiger partial charge in [0.15, 0.2) is 0 Å². The second-order valence-electron chi connectivity index (χ2n) is 6.51. The molecule has 2 bridgehead atoms. The first-order chi connectivity index (χ1) is 9.63. The van der Waals surface area contributed by atoms with E-state index in [1.807, 2.05) is 6.92 Å². The quantitative estimate of drug-likeness (QED) is 0.838. The Balaban J connectivity index is 2.00. The molecule has 2 heterocycles. The number of aryl methyl sites for hydroxylation is 1. The summed E-state index contributed by atoms with van der Waals surface area (Å²) in [5, 5.41) is 0. The number of benzene rings is 1. The summed E-state index contributed by atoms with van der Waals surface area (Å²) in [4.78, 5) is 15.0. The lowest BCUT2D eigenvalue weighted by molar-refractivity contribution is -0.126. The molecule has 0 saturated carbocycles. The summed E-state index contributed by atoms with van der Waals surface area (Å²) in [6, 6.07) is 9.77. The van der Waals surface area contributed by atoms with Crippen LogP contribution >= 0.6 is 0 Å². The van der Waals surface area contributed by atoms with Crippen molar-refractivity contribution >= 4 is 5.78 Å². The van der Waals surface area contributed by atoms with E-state index in [9.17, 15) is 4.79 Å². The molecule has 0 unspecified atom stereocenters. The number of carbonyl (C=O) groups excluding carboxylic acids is 1. The lowest BCUT2D eigenvalue weighted by Gasteiger charge is -2.43. The van der Waals surface area contributed by atoms with Gasteiger partial charge in [0.25, 0.3) is 0 Å². The number of hydrogen-bond donors (Lipinski definition) is 0. The van der Waals surface area contributed by atoms with Crippen LogP contribution in [0.1, 0.15) is 49.7 Å². The van der Waals surface area contributed by atoms with E-state index in [0.717, 1.165) is 6.42 Å². The number of rotatable bonds is 3. The first-order valence-electron chi connectivity index (χ1n) is 7.93. The Morgan fingerprint density at radius 2 is 2.05 bits per heavy atom. The van der Waals surface area contributed by atoms with Crippen molar-refractivity contribution in [3.05, 3.63) is 35.4 Å². The van der Waals surface area contributed by atoms with E-state index in [0.29, 0.717) is 30.2 Å². The van der Waals surface area contributed by atoms with Crippen LogP contribution in [0.2, 0.25) is 0 Å². The standard InChI is InChI=1S/C18H25NO/c1-4-17(20)18-15(14-8-6-5-7-12(14)2)11-13-9-10-16(18)19(13)3/h5-8,13,15-16,18H,4,9-11H2,1-3H3/t13-,15+,16+,18-/m0/s1. The molecular formula is C18H25NO. The monoisotopic (exact) mass is 271 g/mol. The minimum Gasteiger partial charge on any atom is -0.300 e. The molecule has 2 fully saturated rings. The summed E-state index contributed by atoms with van der Waals surface area (Å²) in [6.45, 7) is 4.20. The maximum Gasteiger partial charge on any atom is 0.137 e. The average Bonchev–Trinajstić information content (AvgIpc) is 2.70. The number of hydrogen-bond acceptors (Lipinski definition) is 2. The van der Waals surface area contributed by atoms with E-state index in [-0.39, 0.29) is 5.92 Å². The Bertz CT molecular complexity index is 510. The lowest BCUT2D eigenvalue weighted by atomic mass is 9.72. The number of carbonyl (C=O) groups is 1. The van der Waals surface area contributed by atoms with Gasteiger partial charge in [0.1, 0.15) is 5.78 Å². The Kier molecular flexibility index (Phi) is 3.68. The average molecular weight is 271 g/mol. The third kappa shape index (κ3) is 2.10. The van der Waals surface area contributed by atoms with E-state index in [1.165, 1.54) is 24.0 Å². The minimum atomic E-state index is 0.199. The van der Waals surface area contributed by atoms with E-state index < -0.39 is 0 Å². The van der Waals surface area contributed by atoms with Crippen molar-refractivity contribution in [1.82, 2.24) is 4.90 Å². The zero-order chi connectivity index (χ0) is 14.3. The van der Waals surface area contributed by atoms with Crippen molar-refractivity contribution in [2.24, 2.45) is 5.92 Å². The van der Waals surface area contributed by atoms with Crippen LogP contribution < -0.4 is 0 Å². The van der Waals surface area contributed by atoms with E-state index in [4.69, 9.17) is 0 Å². The molecule has 3 rings (SSSR count). The highest BCUT2D eigenvalue weighted by molar-refractivity contribution is 5.83. The Morgan fingerprint density at radius 3 is 2.75 bits per heavy atom. The smallest absolute Gasteiger partial charge is 0.137 e. The van der Waals surface area contributed by atoms with Crippen LogP contribution in [0.4, 0.5) is 0 Å². The maximum atomic E-state index is 12.6. The first kappa shape index (κ1) is 13.8. The Morgan fingerprint density at radius 1 is 1.30 bits per heavy atom. The Labute approximate surface area is 122 Å². The fourth-order valence-corrected chi connectivity index (χ4v) is 4.46. The minimum absolute atomic E-state index is 0.199. The van der Waals surface area contributed by atoms with E-state index >= 15 is 0 Å². The highest BCUT2D eigenvalue weighted by atomic mass is 16.1. The van der Waals surface area contributed by atoms with Gasteiger partial charge >= 0.3 is 0 Å². The predicted octanol–water partition coefficient (Wildman–Crippen LogP) is 3.54. The molecule has 20 heavy (non-hydrogen) atoms. The van der Waals surface area contributed by atoms with Crippen LogP contribution in [0.25, 0.3) is 0 Å². The fourth-order valence-electron chi connectivity index (χ4n) is 4.46. The molecule has 2 saturated heterocycles. The molecule has 0 spiro atoms. The van der Waals surface area contributed by atoms with Crippen LogP contribution in [0, 0.1) is 12.8 Å². The second-order valence-corrected chi connectivity index (χ2v) is 6.51. The van der Waals surface area contributed by atoms with Crippen LogP contribution in [0.3, 0.4) is 0 Å². The maximum absolute atomic E-state index is 12.6. The van der Waals surface area contributed by atoms with Gasteiger partial charge in [-0.2, -0.15) is 0 Å². The summed E-state index contributed by atoms with van der Waals surface area (Å²) >= 11 is 0. The highest BCUT2D eigenvalue weighted by Crippen LogP contribution is 2.47. The SMILES string of the molecule is CCC(=O)[C@H]1[C@@H](c2ccccc2C)C[C@@H]2CC[C@H]1N2C. The van der Waals surface area contributed by atoms with Gasteiger partial charge in [-0.15, -0.1) is 0 Å². The first-order valence-corrected chi connectivity index (χ1v) is 7.93. The lowest BCUT2D eigenvalue weighted by Crippen LogP contribution is -2.48. The molecule has 1 aromatic rings. The van der Waals surface area contributed by atoms with Gasteiger partial charge in [-0.3, -0.25) is 9.69 Å². The molecule has 0 aliphatic carbocycles. The van der Waals surface area contributed by atoms with E-state index in [2.05, 4.69) is 43.1 Å². The van der Waals surface area contributed by atoms with Crippen molar-refractivity contribution in [2.75, 3.05) is 7.05 Å². The fraction of sp³-hybridized carbons (Fsp3) is 0.611. The summed E-state index contributed by atoms with van der Waals surface area (Å²) in [6.07, 6.45) is 4.27. The normalized spacial score (nSPS) is 33.4. The second kappa shape index (κ2) is 5.33. The van der Waals surface area contributed by atoms with Crippen LogP contribution in [0.5, 0.6) is 0 Å². The molecule has 1 aromatic carbocycles. The number of fused-ring (bicyclic) bond motifs is 2. The number of nitrogens with zero attached hydrogens (tertiary/aromatic N) is 1. The van der Waals surface area contributed by atoms with Crippen molar-refractivity contribution in [1.29, 1.82) is 0 Å². The van der Waals surface area contributed by atoms with Crippen molar-refractivity contribution in [2.45, 2.75) is 57.5 Å². The molecule has 0 aromatic heterocycles. The van der Waals surface area contributed by atoms with Gasteiger partial charge in [-0.25, -0.2) is 0 Å². The number of piperidine rings is 1. The van der Waals surface area contributed by atoms with Crippen LogP contribution in [-0.2, 0) is 4.79 Å². The van der Waals surface area contributed by atoms with Crippen molar-refractivity contribution in [3.8, 4) is 0 Å². The molecular weight excluding hydrogens is 246 g/mol. The Hall–Kier alpha value is -1.15. The molecule has 2 aliphatic heterocycles.